The number of rotatable bonds is 12. The minimum atomic E-state index is -2.70. The molecule has 0 aromatic heterocycles. The Morgan fingerprint density at radius 3 is 1.45 bits per heavy atom. The monoisotopic (exact) mass is 341 g/mol. The van der Waals surface area contributed by atoms with Gasteiger partial charge in [0.05, 0.1) is 24.0 Å². The third-order valence-electron chi connectivity index (χ3n) is 3.14. The van der Waals surface area contributed by atoms with E-state index >= 15 is 0 Å². The highest BCUT2D eigenvalue weighted by Crippen LogP contribution is 2.26. The number of carboxylic acid groups (broad SMARTS) is 2. The fraction of sp³-hybridized carbons (Fsp3) is 0.833. The molecule has 0 amide bonds. The molecule has 4 N–H and O–H groups in total. The van der Waals surface area contributed by atoms with Crippen LogP contribution in [0.1, 0.15) is 26.7 Å². The van der Waals surface area contributed by atoms with Crippen LogP contribution in [0.15, 0.2) is 0 Å². The molecule has 0 rings (SSSR count). The minimum Gasteiger partial charge on any atom is -0.481 e. The normalized spacial score (nSPS) is 17.4. The van der Waals surface area contributed by atoms with Gasteiger partial charge in [0.15, 0.2) is 0 Å². The van der Waals surface area contributed by atoms with Crippen molar-refractivity contribution >= 4 is 20.2 Å². The van der Waals surface area contributed by atoms with Crippen molar-refractivity contribution in [2.24, 2.45) is 11.8 Å². The van der Waals surface area contributed by atoms with Crippen molar-refractivity contribution in [2.45, 2.75) is 38.9 Å². The van der Waals surface area contributed by atoms with Gasteiger partial charge in [0.2, 0.25) is 0 Å². The van der Waals surface area contributed by atoms with E-state index in [4.69, 9.17) is 10.2 Å². The standard InChI is InChI=1S/C12H21O9P/c1-3-7(11(15)16)9(13)5-20-22(19)21-6-10(14)8(4-2)12(17)18/h7-10,13-14H,3-6H2,1-2H3,(H-,15,16,17,18)/p+1. The minimum absolute atomic E-state index is 0.174. The Hall–Kier alpha value is -1.12. The molecule has 22 heavy (non-hydrogen) atoms. The quantitative estimate of drug-likeness (QED) is 0.374. The lowest BCUT2D eigenvalue weighted by Gasteiger charge is -2.15. The molecule has 0 aromatic carbocycles. The highest BCUT2D eigenvalue weighted by atomic mass is 31.1. The first-order chi connectivity index (χ1) is 10.2. The predicted octanol–water partition coefficient (Wildman–Crippen LogP) is 0.620. The number of aliphatic carboxylic acids is 2. The van der Waals surface area contributed by atoms with E-state index in [2.05, 4.69) is 9.05 Å². The molecule has 10 heteroatoms. The molecule has 0 aliphatic heterocycles. The van der Waals surface area contributed by atoms with Crippen molar-refractivity contribution in [1.29, 1.82) is 0 Å². The van der Waals surface area contributed by atoms with Gasteiger partial charge in [0.1, 0.15) is 13.2 Å². The SMILES string of the molecule is CCC(C(=O)O)C(O)CO[P+](=O)OCC(O)C(CC)C(=O)O. The first kappa shape index (κ1) is 20.9. The summed E-state index contributed by atoms with van der Waals surface area (Å²) in [5, 5.41) is 36.8. The zero-order valence-corrected chi connectivity index (χ0v) is 13.3. The van der Waals surface area contributed by atoms with E-state index in [0.29, 0.717) is 0 Å². The lowest BCUT2D eigenvalue weighted by atomic mass is 10.0. The van der Waals surface area contributed by atoms with Crippen molar-refractivity contribution in [3.63, 3.8) is 0 Å². The third-order valence-corrected chi connectivity index (χ3v) is 3.86. The summed E-state index contributed by atoms with van der Waals surface area (Å²) in [5.41, 5.74) is 0. The maximum atomic E-state index is 11.4. The molecule has 0 aromatic rings. The Balaban J connectivity index is 4.19. The second-order valence-electron chi connectivity index (χ2n) is 4.66. The second-order valence-corrected chi connectivity index (χ2v) is 5.62. The lowest BCUT2D eigenvalue weighted by Crippen LogP contribution is -2.31. The van der Waals surface area contributed by atoms with Gasteiger partial charge in [-0.15, -0.1) is 9.05 Å². The van der Waals surface area contributed by atoms with E-state index in [1.807, 2.05) is 0 Å². The Morgan fingerprint density at radius 1 is 0.909 bits per heavy atom. The summed E-state index contributed by atoms with van der Waals surface area (Å²) < 4.78 is 20.8. The fourth-order valence-corrected chi connectivity index (χ4v) is 2.39. The Morgan fingerprint density at radius 2 is 1.23 bits per heavy atom. The number of hydrogen-bond donors (Lipinski definition) is 4. The largest absolute Gasteiger partial charge is 0.697 e. The second kappa shape index (κ2) is 10.6. The molecule has 128 valence electrons. The third kappa shape index (κ3) is 7.24. The summed E-state index contributed by atoms with van der Waals surface area (Å²) >= 11 is 0. The van der Waals surface area contributed by atoms with Crippen LogP contribution < -0.4 is 0 Å². The average molecular weight is 341 g/mol. The van der Waals surface area contributed by atoms with Crippen LogP contribution in [0, 0.1) is 11.8 Å². The van der Waals surface area contributed by atoms with Gasteiger partial charge < -0.3 is 20.4 Å². The van der Waals surface area contributed by atoms with Crippen LogP contribution in [0.2, 0.25) is 0 Å². The van der Waals surface area contributed by atoms with E-state index in [-0.39, 0.29) is 12.8 Å². The summed E-state index contributed by atoms with van der Waals surface area (Å²) in [6, 6.07) is 0. The van der Waals surface area contributed by atoms with Crippen LogP contribution in [0.25, 0.3) is 0 Å². The molecule has 0 aliphatic rings. The highest BCUT2D eigenvalue weighted by molar-refractivity contribution is 7.33. The summed E-state index contributed by atoms with van der Waals surface area (Å²) in [4.78, 5) is 21.6. The molecule has 0 saturated heterocycles. The summed E-state index contributed by atoms with van der Waals surface area (Å²) in [6.07, 6.45) is -2.35. The van der Waals surface area contributed by atoms with Gasteiger partial charge in [-0.25, -0.2) is 0 Å². The van der Waals surface area contributed by atoms with Gasteiger partial charge in [-0.05, 0) is 12.8 Å². The zero-order valence-electron chi connectivity index (χ0n) is 12.4. The van der Waals surface area contributed by atoms with E-state index in [0.717, 1.165) is 0 Å². The van der Waals surface area contributed by atoms with Crippen molar-refractivity contribution in [3.8, 4) is 0 Å². The summed E-state index contributed by atoms with van der Waals surface area (Å²) in [6.45, 7) is 2.13. The molecule has 0 spiro atoms. The first-order valence-electron chi connectivity index (χ1n) is 6.79. The van der Waals surface area contributed by atoms with E-state index < -0.39 is 57.5 Å². The number of carbonyl (C=O) groups is 2. The van der Waals surface area contributed by atoms with Crippen LogP contribution in [-0.2, 0) is 23.2 Å². The smallest absolute Gasteiger partial charge is 0.481 e. The van der Waals surface area contributed by atoms with Gasteiger partial charge in [-0.2, -0.15) is 0 Å². The average Bonchev–Trinajstić information content (AvgIpc) is 2.43. The van der Waals surface area contributed by atoms with Crippen molar-refractivity contribution in [2.75, 3.05) is 13.2 Å². The molecular formula is C12H22O9P+. The van der Waals surface area contributed by atoms with Crippen LogP contribution in [0.5, 0.6) is 0 Å². The van der Waals surface area contributed by atoms with E-state index in [9.17, 15) is 24.4 Å². The summed E-state index contributed by atoms with van der Waals surface area (Å²) in [5.74, 6) is -4.49. The maximum Gasteiger partial charge on any atom is 0.697 e. The van der Waals surface area contributed by atoms with Gasteiger partial charge in [-0.3, -0.25) is 9.59 Å². The molecule has 0 radical (unpaired) electrons. The maximum absolute atomic E-state index is 11.4. The van der Waals surface area contributed by atoms with Crippen LogP contribution >= 0.6 is 8.25 Å². The first-order valence-corrected chi connectivity index (χ1v) is 7.88. The number of aliphatic hydroxyl groups excluding tert-OH is 2. The topological polar surface area (TPSA) is 151 Å². The van der Waals surface area contributed by atoms with E-state index in [1.54, 1.807) is 13.8 Å². The van der Waals surface area contributed by atoms with Gasteiger partial charge >= 0.3 is 20.2 Å². The van der Waals surface area contributed by atoms with Crippen molar-refractivity contribution < 1.29 is 43.6 Å². The summed E-state index contributed by atoms with van der Waals surface area (Å²) in [7, 11) is -2.70. The van der Waals surface area contributed by atoms with Crippen LogP contribution in [0.3, 0.4) is 0 Å². The van der Waals surface area contributed by atoms with Gasteiger partial charge in [-0.1, -0.05) is 13.8 Å². The number of aliphatic hydroxyl groups is 2. The number of hydrogen-bond acceptors (Lipinski definition) is 7. The van der Waals surface area contributed by atoms with Crippen LogP contribution in [0.4, 0.5) is 0 Å². The van der Waals surface area contributed by atoms with Gasteiger partial charge in [0.25, 0.3) is 0 Å². The molecule has 0 saturated carbocycles. The molecule has 0 aliphatic carbocycles. The lowest BCUT2D eigenvalue weighted by molar-refractivity contribution is -0.147. The van der Waals surface area contributed by atoms with Gasteiger partial charge in [0, 0.05) is 4.57 Å². The molecule has 9 nitrogen and oxygen atoms in total. The molecule has 4 atom stereocenters. The molecule has 0 bridgehead atoms. The van der Waals surface area contributed by atoms with Crippen LogP contribution in [-0.4, -0.2) is 57.8 Å². The predicted molar refractivity (Wildman–Crippen MR) is 74.4 cm³/mol. The zero-order chi connectivity index (χ0) is 17.3. The molecule has 0 fully saturated rings. The van der Waals surface area contributed by atoms with Crippen molar-refractivity contribution in [3.05, 3.63) is 0 Å². The Labute approximate surface area is 128 Å². The molecule has 4 unspecified atom stereocenters. The Kier molecular flexibility index (Phi) is 10.0. The highest BCUT2D eigenvalue weighted by Gasteiger charge is 2.32. The fourth-order valence-electron chi connectivity index (χ4n) is 1.77. The Bertz CT molecular complexity index is 353. The number of carboxylic acids is 2. The van der Waals surface area contributed by atoms with Crippen molar-refractivity contribution in [1.82, 2.24) is 0 Å². The van der Waals surface area contributed by atoms with E-state index in [1.165, 1.54) is 0 Å². The molecular weight excluding hydrogens is 319 g/mol. The molecule has 0 heterocycles.